The second-order valence-corrected chi connectivity index (χ2v) is 6.32. The number of aromatic amines is 1. The molecule has 3 aromatic rings. The van der Waals surface area contributed by atoms with Crippen LogP contribution in [0.4, 0.5) is 13.2 Å². The summed E-state index contributed by atoms with van der Waals surface area (Å²) in [4.78, 5) is 19.4. The zero-order valence-electron chi connectivity index (χ0n) is 15.6. The van der Waals surface area contributed by atoms with E-state index < -0.39 is 17.8 Å². The molecule has 4 N–H and O–H groups in total. The lowest BCUT2D eigenvalue weighted by Crippen LogP contribution is -2.41. The molecule has 2 aromatic heterocycles. The van der Waals surface area contributed by atoms with Gasteiger partial charge in [-0.2, -0.15) is 13.2 Å². The largest absolute Gasteiger partial charge is 0.416 e. The highest BCUT2D eigenvalue weighted by atomic mass is 35.5. The van der Waals surface area contributed by atoms with E-state index >= 15 is 0 Å². The van der Waals surface area contributed by atoms with Gasteiger partial charge in [0.1, 0.15) is 5.65 Å². The van der Waals surface area contributed by atoms with Gasteiger partial charge in [0.2, 0.25) is 5.91 Å². The average molecular weight is 461 g/mol. The van der Waals surface area contributed by atoms with E-state index in [9.17, 15) is 18.0 Å². The molecule has 0 aliphatic rings. The van der Waals surface area contributed by atoms with E-state index in [1.54, 1.807) is 30.6 Å². The predicted octanol–water partition coefficient (Wildman–Crippen LogP) is 4.12. The lowest BCUT2D eigenvalue weighted by atomic mass is 10.0. The first-order chi connectivity index (χ1) is 13.4. The van der Waals surface area contributed by atoms with Crippen molar-refractivity contribution in [2.45, 2.75) is 18.6 Å². The Morgan fingerprint density at radius 1 is 1.23 bits per heavy atom. The molecule has 30 heavy (non-hydrogen) atoms. The Balaban J connectivity index is 0.00000225. The smallest absolute Gasteiger partial charge is 0.348 e. The first-order valence-electron chi connectivity index (χ1n) is 8.63. The van der Waals surface area contributed by atoms with Crippen LogP contribution in [0.3, 0.4) is 0 Å². The molecular weight excluding hydrogens is 440 g/mol. The van der Waals surface area contributed by atoms with Crippen LogP contribution in [0.15, 0.2) is 54.9 Å². The zero-order chi connectivity index (χ0) is 20.1. The minimum Gasteiger partial charge on any atom is -0.348 e. The molecule has 0 spiro atoms. The first-order valence-corrected chi connectivity index (χ1v) is 8.63. The van der Waals surface area contributed by atoms with Crippen LogP contribution >= 0.6 is 24.8 Å². The summed E-state index contributed by atoms with van der Waals surface area (Å²) in [5.41, 5.74) is 6.94. The number of rotatable bonds is 6. The molecule has 162 valence electrons. The van der Waals surface area contributed by atoms with Crippen LogP contribution in [0.25, 0.3) is 17.1 Å². The van der Waals surface area contributed by atoms with E-state index in [1.165, 1.54) is 12.1 Å². The molecule has 1 aromatic carbocycles. The van der Waals surface area contributed by atoms with Gasteiger partial charge in [-0.25, -0.2) is 4.98 Å². The zero-order valence-corrected chi connectivity index (χ0v) is 17.3. The van der Waals surface area contributed by atoms with Crippen molar-refractivity contribution < 1.29 is 18.0 Å². The normalized spacial score (nSPS) is 12.3. The van der Waals surface area contributed by atoms with Crippen LogP contribution in [-0.4, -0.2) is 28.5 Å². The highest BCUT2D eigenvalue weighted by Gasteiger charge is 2.30. The number of nitrogens with two attached hydrogens (primary N) is 1. The van der Waals surface area contributed by atoms with Crippen molar-refractivity contribution >= 4 is 47.8 Å². The molecule has 0 aliphatic heterocycles. The number of hydrogen-bond acceptors (Lipinski definition) is 3. The number of nitrogens with one attached hydrogen (secondary N) is 2. The number of pyridine rings is 1. The van der Waals surface area contributed by atoms with Gasteiger partial charge in [0, 0.05) is 42.0 Å². The van der Waals surface area contributed by atoms with Crippen molar-refractivity contribution in [3.05, 3.63) is 71.6 Å². The fourth-order valence-electron chi connectivity index (χ4n) is 2.88. The van der Waals surface area contributed by atoms with E-state index in [1.807, 2.05) is 6.07 Å². The summed E-state index contributed by atoms with van der Waals surface area (Å²) in [6, 6.07) is 8.21. The third kappa shape index (κ3) is 6.48. The topological polar surface area (TPSA) is 83.8 Å². The van der Waals surface area contributed by atoms with Gasteiger partial charge >= 0.3 is 6.18 Å². The minimum atomic E-state index is -4.41. The van der Waals surface area contributed by atoms with E-state index in [4.69, 9.17) is 5.73 Å². The number of halogens is 5. The number of nitrogens with zero attached hydrogens (tertiary/aromatic N) is 1. The minimum absolute atomic E-state index is 0. The van der Waals surface area contributed by atoms with Crippen molar-refractivity contribution in [1.29, 1.82) is 0 Å². The van der Waals surface area contributed by atoms with Gasteiger partial charge in [0.25, 0.3) is 0 Å². The Morgan fingerprint density at radius 3 is 2.70 bits per heavy atom. The Labute approximate surface area is 183 Å². The highest BCUT2D eigenvalue weighted by Crippen LogP contribution is 2.29. The molecule has 1 atom stereocenters. The Hall–Kier alpha value is -2.55. The maximum atomic E-state index is 12.8. The summed E-state index contributed by atoms with van der Waals surface area (Å²) < 4.78 is 38.5. The number of H-pyrrole nitrogens is 1. The van der Waals surface area contributed by atoms with E-state index in [0.717, 1.165) is 23.1 Å². The summed E-state index contributed by atoms with van der Waals surface area (Å²) in [5, 5.41) is 3.61. The molecule has 2 heterocycles. The predicted molar refractivity (Wildman–Crippen MR) is 116 cm³/mol. The number of carbonyl (C=O) groups is 1. The molecule has 5 nitrogen and oxygen atoms in total. The number of alkyl halides is 3. The molecule has 1 amide bonds. The summed E-state index contributed by atoms with van der Waals surface area (Å²) in [7, 11) is 0. The fourth-order valence-corrected chi connectivity index (χ4v) is 2.88. The number of aromatic nitrogens is 2. The molecular formula is C20H21Cl2F3N4O. The van der Waals surface area contributed by atoms with Crippen molar-refractivity contribution in [2.75, 3.05) is 6.54 Å². The van der Waals surface area contributed by atoms with Gasteiger partial charge in [-0.05, 0) is 36.3 Å². The molecule has 0 saturated heterocycles. The monoisotopic (exact) mass is 460 g/mol. The van der Waals surface area contributed by atoms with Gasteiger partial charge in [-0.15, -0.1) is 24.8 Å². The van der Waals surface area contributed by atoms with Gasteiger partial charge in [0.05, 0.1) is 5.56 Å². The molecule has 3 rings (SSSR count). The van der Waals surface area contributed by atoms with Gasteiger partial charge in [0.15, 0.2) is 0 Å². The standard InChI is InChI=1S/C20H19F3N4O.2ClH/c21-20(22,23)15-4-1-3-13(9-15)10-16(11-24)27-18(28)7-6-14-12-26-19-17(14)5-2-8-25-19;;/h1-9,12,16H,10-11,24H2,(H,25,26)(H,27,28);2*1H/t16-;;/m0../s1. The summed E-state index contributed by atoms with van der Waals surface area (Å²) in [6.07, 6.45) is 2.21. The molecule has 0 bridgehead atoms. The lowest BCUT2D eigenvalue weighted by Gasteiger charge is -2.17. The number of benzene rings is 1. The second-order valence-electron chi connectivity index (χ2n) is 6.32. The Kier molecular flexibility index (Phi) is 9.35. The Morgan fingerprint density at radius 2 is 2.00 bits per heavy atom. The number of amides is 1. The molecule has 0 saturated carbocycles. The molecule has 0 radical (unpaired) electrons. The van der Waals surface area contributed by atoms with Crippen LogP contribution in [0.1, 0.15) is 16.7 Å². The van der Waals surface area contributed by atoms with Crippen LogP contribution in [0, 0.1) is 0 Å². The maximum absolute atomic E-state index is 12.8. The second kappa shape index (κ2) is 11.0. The van der Waals surface area contributed by atoms with E-state index in [0.29, 0.717) is 11.2 Å². The van der Waals surface area contributed by atoms with Crippen molar-refractivity contribution in [1.82, 2.24) is 15.3 Å². The number of fused-ring (bicyclic) bond motifs is 1. The SMILES string of the molecule is Cl.Cl.NC[C@H](Cc1cccc(C(F)(F)F)c1)NC(=O)C=Cc1c[nH]c2ncccc12. The summed E-state index contributed by atoms with van der Waals surface area (Å²) in [5.74, 6) is -0.374. The van der Waals surface area contributed by atoms with Crippen molar-refractivity contribution in [2.24, 2.45) is 5.73 Å². The summed E-state index contributed by atoms with van der Waals surface area (Å²) >= 11 is 0. The van der Waals surface area contributed by atoms with Crippen molar-refractivity contribution in [3.8, 4) is 0 Å². The third-order valence-electron chi connectivity index (χ3n) is 4.26. The van der Waals surface area contributed by atoms with Gasteiger partial charge in [-0.3, -0.25) is 4.79 Å². The molecule has 0 aliphatic carbocycles. The van der Waals surface area contributed by atoms with E-state index in [2.05, 4.69) is 15.3 Å². The molecule has 0 unspecified atom stereocenters. The van der Waals surface area contributed by atoms with Crippen molar-refractivity contribution in [3.63, 3.8) is 0 Å². The van der Waals surface area contributed by atoms with E-state index in [-0.39, 0.29) is 43.7 Å². The van der Waals surface area contributed by atoms with Crippen LogP contribution in [0.5, 0.6) is 0 Å². The molecule has 0 fully saturated rings. The average Bonchev–Trinajstić information content (AvgIpc) is 3.08. The van der Waals surface area contributed by atoms with Crippen LogP contribution < -0.4 is 11.1 Å². The lowest BCUT2D eigenvalue weighted by molar-refractivity contribution is -0.137. The third-order valence-corrected chi connectivity index (χ3v) is 4.26. The summed E-state index contributed by atoms with van der Waals surface area (Å²) in [6.45, 7) is 0.104. The number of hydrogen-bond donors (Lipinski definition) is 3. The highest BCUT2D eigenvalue weighted by molar-refractivity contribution is 5.95. The molecule has 10 heteroatoms. The van der Waals surface area contributed by atoms with Crippen LogP contribution in [0.2, 0.25) is 0 Å². The van der Waals surface area contributed by atoms with Gasteiger partial charge in [-0.1, -0.05) is 18.2 Å². The quantitative estimate of drug-likeness (QED) is 0.483. The maximum Gasteiger partial charge on any atom is 0.416 e. The first kappa shape index (κ1) is 25.5. The van der Waals surface area contributed by atoms with Gasteiger partial charge < -0.3 is 16.0 Å². The van der Waals surface area contributed by atoms with Crippen LogP contribution in [-0.2, 0) is 17.4 Å². The number of carbonyl (C=O) groups excluding carboxylic acids is 1. The fraction of sp³-hybridized carbons (Fsp3) is 0.200. The Bertz CT molecular complexity index is 1000.